The van der Waals surface area contributed by atoms with Gasteiger partial charge < -0.3 is 17.0 Å². The average molecular weight is 216 g/mol. The molecule has 0 atom stereocenters. The predicted molar refractivity (Wildman–Crippen MR) is 20.1 cm³/mol. The van der Waals surface area contributed by atoms with Gasteiger partial charge in [0.15, 0.2) is 0 Å². The summed E-state index contributed by atoms with van der Waals surface area (Å²) < 4.78 is 0. The summed E-state index contributed by atoms with van der Waals surface area (Å²) in [6.07, 6.45) is 2.85. The fourth-order valence-corrected chi connectivity index (χ4v) is 0.833. The van der Waals surface area contributed by atoms with Gasteiger partial charge in [-0.05, 0) is 0 Å². The van der Waals surface area contributed by atoms with Crippen LogP contribution in [0.3, 0.4) is 0 Å². The van der Waals surface area contributed by atoms with Crippen molar-refractivity contribution in [3.63, 3.8) is 0 Å². The number of carbonyl (C=O) groups excluding carboxylic acids is 1. The largest absolute Gasteiger partial charge is 1.00 e. The van der Waals surface area contributed by atoms with Crippen LogP contribution in [0.2, 0.25) is 5.02 Å². The average Bonchev–Trinajstić information content (AvgIpc) is 1.61. The van der Waals surface area contributed by atoms with Crippen LogP contribution in [-0.4, -0.2) is 6.29 Å². The van der Waals surface area contributed by atoms with Gasteiger partial charge in [0, 0.05) is 0 Å². The Morgan fingerprint density at radius 2 is 2.14 bits per heavy atom. The topological polar surface area (TPSA) is 17.1 Å². The van der Waals surface area contributed by atoms with Crippen molar-refractivity contribution in [3.05, 3.63) is 0 Å². The van der Waals surface area contributed by atoms with Gasteiger partial charge in [-0.1, -0.05) is 0 Å². The second kappa shape index (κ2) is 9.91. The Hall–Kier alpha value is 0.773. The number of halogens is 1. The summed E-state index contributed by atoms with van der Waals surface area (Å²) in [5.74, 6) is 0. The molecule has 0 amide bonds. The molecule has 3 heteroatoms. The molecule has 0 saturated heterocycles. The van der Waals surface area contributed by atoms with E-state index in [4.69, 9.17) is 0 Å². The minimum Gasteiger partial charge on any atom is -1.00 e. The maximum absolute atomic E-state index is 9.58. The fraction of sp³-hybridized carbons (Fsp3) is 0.750. The van der Waals surface area contributed by atoms with E-state index >= 15 is 0 Å². The summed E-state index contributed by atoms with van der Waals surface area (Å²) in [6, 6.07) is 0. The molecule has 0 aromatic heterocycles. The van der Waals surface area contributed by atoms with Gasteiger partial charge in [-0.3, -0.25) is 0 Å². The Bertz CT molecular complexity index is 40.7. The van der Waals surface area contributed by atoms with Gasteiger partial charge in [-0.25, -0.2) is 0 Å². The third-order valence-electron chi connectivity index (χ3n) is 0.572. The van der Waals surface area contributed by atoms with E-state index in [1.807, 2.05) is 0 Å². The van der Waals surface area contributed by atoms with E-state index in [0.717, 1.165) is 19.1 Å². The molecule has 0 heterocycles. The van der Waals surface area contributed by atoms with Crippen LogP contribution in [0.1, 0.15) is 12.8 Å². The van der Waals surface area contributed by atoms with E-state index < -0.39 is 0 Å². The van der Waals surface area contributed by atoms with Crippen molar-refractivity contribution in [2.75, 3.05) is 0 Å². The summed E-state index contributed by atoms with van der Waals surface area (Å²) in [5, 5.41) is 1.25. The molecule has 0 N–H and O–H groups in total. The Kier molecular flexibility index (Phi) is 15.1. The van der Waals surface area contributed by atoms with Gasteiger partial charge in [-0.2, -0.15) is 0 Å². The first-order chi connectivity index (χ1) is 2.91. The van der Waals surface area contributed by atoms with Crippen LogP contribution in [0, 0.1) is 0 Å². The molecule has 0 aromatic carbocycles. The van der Waals surface area contributed by atoms with Crippen molar-refractivity contribution in [2.45, 2.75) is 17.9 Å². The van der Waals surface area contributed by atoms with Crippen molar-refractivity contribution in [2.24, 2.45) is 0 Å². The SMILES string of the molecule is O=CCC[CH2][Zn+].[Br-]. The summed E-state index contributed by atoms with van der Waals surface area (Å²) in [5.41, 5.74) is 0. The van der Waals surface area contributed by atoms with Crippen LogP contribution in [-0.2, 0) is 23.1 Å². The molecular weight excluding hydrogens is 209 g/mol. The van der Waals surface area contributed by atoms with Gasteiger partial charge in [0.05, 0.1) is 0 Å². The number of carbonyl (C=O) groups is 1. The van der Waals surface area contributed by atoms with Crippen molar-refractivity contribution < 1.29 is 40.1 Å². The molecule has 1 nitrogen and oxygen atoms in total. The molecule has 38 valence electrons. The van der Waals surface area contributed by atoms with Gasteiger partial charge in [0.25, 0.3) is 0 Å². The number of unbranched alkanes of at least 4 members (excludes halogenated alkanes) is 1. The minimum absolute atomic E-state index is 0. The summed E-state index contributed by atoms with van der Waals surface area (Å²) in [7, 11) is 0. The molecular formula is C4H7BrOZn. The molecule has 0 aliphatic carbocycles. The minimum atomic E-state index is 0. The van der Waals surface area contributed by atoms with Crippen molar-refractivity contribution >= 4 is 6.29 Å². The first-order valence-corrected chi connectivity index (χ1v) is 4.24. The summed E-state index contributed by atoms with van der Waals surface area (Å²) >= 11 is 1.33. The zero-order valence-corrected chi connectivity index (χ0v) is 8.75. The molecule has 0 spiro atoms. The Balaban J connectivity index is 0. The molecule has 0 rings (SSSR count). The molecule has 0 bridgehead atoms. The molecule has 0 aromatic rings. The predicted octanol–water partition coefficient (Wildman–Crippen LogP) is -2.07. The van der Waals surface area contributed by atoms with Crippen LogP contribution in [0.15, 0.2) is 0 Å². The first kappa shape index (κ1) is 10.7. The Morgan fingerprint density at radius 1 is 1.57 bits per heavy atom. The van der Waals surface area contributed by atoms with Crippen molar-refractivity contribution in [3.8, 4) is 0 Å². The molecule has 0 saturated carbocycles. The van der Waals surface area contributed by atoms with Crippen molar-refractivity contribution in [1.29, 1.82) is 0 Å². The van der Waals surface area contributed by atoms with Crippen molar-refractivity contribution in [1.82, 2.24) is 0 Å². The van der Waals surface area contributed by atoms with E-state index in [1.54, 1.807) is 0 Å². The van der Waals surface area contributed by atoms with E-state index in [1.165, 1.54) is 23.3 Å². The van der Waals surface area contributed by atoms with Gasteiger partial charge >= 0.3 is 47.2 Å². The third kappa shape index (κ3) is 10.8. The summed E-state index contributed by atoms with van der Waals surface area (Å²) in [6.45, 7) is 0. The molecule has 7 heavy (non-hydrogen) atoms. The van der Waals surface area contributed by atoms with Crippen LogP contribution in [0.25, 0.3) is 0 Å². The standard InChI is InChI=1S/C4H7O.BrH.Zn/c1-2-3-4-5;;/h4H,1-3H2;1H;/q;;+1/p-1. The van der Waals surface area contributed by atoms with Crippen LogP contribution < -0.4 is 17.0 Å². The summed E-state index contributed by atoms with van der Waals surface area (Å²) in [4.78, 5) is 9.58. The van der Waals surface area contributed by atoms with E-state index in [2.05, 4.69) is 0 Å². The van der Waals surface area contributed by atoms with E-state index in [9.17, 15) is 4.79 Å². The number of rotatable bonds is 3. The van der Waals surface area contributed by atoms with Gasteiger partial charge in [0.2, 0.25) is 0 Å². The van der Waals surface area contributed by atoms with Gasteiger partial charge in [-0.15, -0.1) is 0 Å². The Labute approximate surface area is 64.3 Å². The van der Waals surface area contributed by atoms with Crippen LogP contribution >= 0.6 is 0 Å². The van der Waals surface area contributed by atoms with Crippen LogP contribution in [0.4, 0.5) is 0 Å². The maximum Gasteiger partial charge on any atom is -1.00 e. The van der Waals surface area contributed by atoms with E-state index in [0.29, 0.717) is 0 Å². The monoisotopic (exact) mass is 214 g/mol. The number of hydrogen-bond donors (Lipinski definition) is 0. The molecule has 0 fully saturated rings. The second-order valence-corrected chi connectivity index (χ2v) is 2.65. The van der Waals surface area contributed by atoms with Gasteiger partial charge in [0.1, 0.15) is 0 Å². The molecule has 0 radical (unpaired) electrons. The molecule has 0 unspecified atom stereocenters. The molecule has 0 aliphatic rings. The molecule has 0 aliphatic heterocycles. The van der Waals surface area contributed by atoms with Crippen LogP contribution in [0.5, 0.6) is 0 Å². The van der Waals surface area contributed by atoms with E-state index in [-0.39, 0.29) is 17.0 Å². The maximum atomic E-state index is 9.58. The normalized spacial score (nSPS) is 7.14. The zero-order valence-electron chi connectivity index (χ0n) is 4.19. The number of hydrogen-bond acceptors (Lipinski definition) is 1. The Morgan fingerprint density at radius 3 is 2.29 bits per heavy atom. The fourth-order valence-electron chi connectivity index (χ4n) is 0.228. The zero-order chi connectivity index (χ0) is 4.83. The number of aldehydes is 1. The smallest absolute Gasteiger partial charge is 1.00 e. The first-order valence-electron chi connectivity index (χ1n) is 2.14. The quantitative estimate of drug-likeness (QED) is 0.301. The third-order valence-corrected chi connectivity index (χ3v) is 1.62. The second-order valence-electron chi connectivity index (χ2n) is 1.16.